The summed E-state index contributed by atoms with van der Waals surface area (Å²) in [6.07, 6.45) is 0. The van der Waals surface area contributed by atoms with Crippen LogP contribution < -0.4 is 5.73 Å². The third-order valence-corrected chi connectivity index (χ3v) is 4.01. The summed E-state index contributed by atoms with van der Waals surface area (Å²) in [5, 5.41) is 0. The lowest BCUT2D eigenvalue weighted by Crippen LogP contribution is -2.23. The molecule has 1 rings (SSSR count). The second-order valence-corrected chi connectivity index (χ2v) is 5.88. The van der Waals surface area contributed by atoms with E-state index in [9.17, 15) is 12.8 Å². The molecule has 0 aliphatic rings. The Hall–Kier alpha value is -1.05. The predicted molar refractivity (Wildman–Crippen MR) is 63.2 cm³/mol. The van der Waals surface area contributed by atoms with Crippen LogP contribution in [0.2, 0.25) is 0 Å². The summed E-state index contributed by atoms with van der Waals surface area (Å²) in [6, 6.07) is 3.34. The largest absolute Gasteiger partial charge is 0.389 e. The van der Waals surface area contributed by atoms with Gasteiger partial charge < -0.3 is 5.73 Å². The number of sulfonamides is 1. The number of nitrogens with zero attached hydrogens (tertiary/aromatic N) is 1. The molecule has 0 fully saturated rings. The first kappa shape index (κ1) is 13.0. The van der Waals surface area contributed by atoms with E-state index in [1.165, 1.54) is 20.2 Å². The first-order chi connectivity index (χ1) is 7.26. The summed E-state index contributed by atoms with van der Waals surface area (Å²) in [5.41, 5.74) is 5.21. The molecule has 0 heterocycles. The van der Waals surface area contributed by atoms with Gasteiger partial charge >= 0.3 is 0 Å². The third-order valence-electron chi connectivity index (χ3n) is 1.98. The van der Waals surface area contributed by atoms with E-state index in [1.54, 1.807) is 0 Å². The molecule has 0 amide bonds. The van der Waals surface area contributed by atoms with E-state index in [0.717, 1.165) is 16.4 Å². The van der Waals surface area contributed by atoms with Gasteiger partial charge in [0.15, 0.2) is 0 Å². The molecule has 0 aromatic heterocycles. The Kier molecular flexibility index (Phi) is 3.61. The van der Waals surface area contributed by atoms with Crippen LogP contribution in [0.25, 0.3) is 0 Å². The Labute approximate surface area is 98.9 Å². The van der Waals surface area contributed by atoms with E-state index in [4.69, 9.17) is 5.73 Å². The molecule has 0 spiro atoms. The van der Waals surface area contributed by atoms with Crippen LogP contribution in [0.5, 0.6) is 0 Å². The molecule has 0 saturated heterocycles. The van der Waals surface area contributed by atoms with Crippen molar-refractivity contribution in [1.82, 2.24) is 4.31 Å². The molecule has 4 nitrogen and oxygen atoms in total. The second kappa shape index (κ2) is 4.44. The van der Waals surface area contributed by atoms with Gasteiger partial charge in [0, 0.05) is 19.7 Å². The zero-order valence-corrected chi connectivity index (χ0v) is 10.4. The van der Waals surface area contributed by atoms with E-state index in [1.807, 2.05) is 0 Å². The average Bonchev–Trinajstić information content (AvgIpc) is 2.17. The fraction of sp³-hybridized carbons (Fsp3) is 0.222. The van der Waals surface area contributed by atoms with Crippen LogP contribution in [-0.4, -0.2) is 31.8 Å². The fourth-order valence-corrected chi connectivity index (χ4v) is 2.15. The molecule has 1 aromatic carbocycles. The minimum atomic E-state index is -3.60. The highest BCUT2D eigenvalue weighted by atomic mass is 32.2. The van der Waals surface area contributed by atoms with E-state index >= 15 is 0 Å². The number of thiocarbonyl (C=S) groups is 1. The fourth-order valence-electron chi connectivity index (χ4n) is 1.06. The number of rotatable bonds is 3. The van der Waals surface area contributed by atoms with Gasteiger partial charge in [-0.1, -0.05) is 12.2 Å². The number of halogens is 1. The van der Waals surface area contributed by atoms with Gasteiger partial charge in [0.25, 0.3) is 0 Å². The Bertz CT molecular complexity index is 526. The highest BCUT2D eigenvalue weighted by molar-refractivity contribution is 7.89. The van der Waals surface area contributed by atoms with E-state index in [2.05, 4.69) is 12.2 Å². The summed E-state index contributed by atoms with van der Waals surface area (Å²) in [6.45, 7) is 0. The maximum absolute atomic E-state index is 13.2. The molecule has 2 N–H and O–H groups in total. The highest BCUT2D eigenvalue weighted by Gasteiger charge is 2.19. The zero-order chi connectivity index (χ0) is 12.5. The van der Waals surface area contributed by atoms with Crippen LogP contribution in [0.3, 0.4) is 0 Å². The van der Waals surface area contributed by atoms with E-state index in [-0.39, 0.29) is 15.4 Å². The van der Waals surface area contributed by atoms with Crippen LogP contribution in [-0.2, 0) is 10.0 Å². The standard InChI is InChI=1S/C9H11FN2O2S2/c1-12(2)16(13,14)6-3-4-8(10)7(5-6)9(11)15/h3-5H,1-2H3,(H2,11,15). The molecule has 0 saturated carbocycles. The summed E-state index contributed by atoms with van der Waals surface area (Å²) in [5.74, 6) is -0.634. The number of hydrogen-bond donors (Lipinski definition) is 1. The summed E-state index contributed by atoms with van der Waals surface area (Å²) in [4.78, 5) is -0.213. The first-order valence-corrected chi connectivity index (χ1v) is 6.13. The SMILES string of the molecule is CN(C)S(=O)(=O)c1ccc(F)c(C(N)=S)c1. The lowest BCUT2D eigenvalue weighted by atomic mass is 10.2. The molecule has 0 aliphatic heterocycles. The molecular weight excluding hydrogens is 251 g/mol. The van der Waals surface area contributed by atoms with Crippen molar-refractivity contribution in [1.29, 1.82) is 0 Å². The van der Waals surface area contributed by atoms with Gasteiger partial charge in [-0.3, -0.25) is 0 Å². The lowest BCUT2D eigenvalue weighted by Gasteiger charge is -2.12. The van der Waals surface area contributed by atoms with Crippen molar-refractivity contribution >= 4 is 27.2 Å². The monoisotopic (exact) mass is 262 g/mol. The lowest BCUT2D eigenvalue weighted by molar-refractivity contribution is 0.520. The molecule has 7 heteroatoms. The van der Waals surface area contributed by atoms with Crippen LogP contribution in [0.15, 0.2) is 23.1 Å². The normalized spacial score (nSPS) is 11.8. The number of hydrogen-bond acceptors (Lipinski definition) is 3. The van der Waals surface area contributed by atoms with Crippen molar-refractivity contribution < 1.29 is 12.8 Å². The minimum absolute atomic E-state index is 0.0401. The van der Waals surface area contributed by atoms with Crippen LogP contribution in [0, 0.1) is 5.82 Å². The van der Waals surface area contributed by atoms with Crippen molar-refractivity contribution in [2.45, 2.75) is 4.90 Å². The molecule has 0 radical (unpaired) electrons. The molecule has 0 bridgehead atoms. The summed E-state index contributed by atoms with van der Waals surface area (Å²) in [7, 11) is -0.822. The van der Waals surface area contributed by atoms with Crippen LogP contribution in [0.1, 0.15) is 5.56 Å². The number of nitrogens with two attached hydrogens (primary N) is 1. The van der Waals surface area contributed by atoms with Crippen molar-refractivity contribution in [3.8, 4) is 0 Å². The Morgan fingerprint density at radius 2 is 2.00 bits per heavy atom. The smallest absolute Gasteiger partial charge is 0.242 e. The first-order valence-electron chi connectivity index (χ1n) is 4.28. The highest BCUT2D eigenvalue weighted by Crippen LogP contribution is 2.17. The van der Waals surface area contributed by atoms with Crippen molar-refractivity contribution in [3.63, 3.8) is 0 Å². The van der Waals surface area contributed by atoms with Gasteiger partial charge in [-0.05, 0) is 18.2 Å². The van der Waals surface area contributed by atoms with Crippen LogP contribution >= 0.6 is 12.2 Å². The zero-order valence-electron chi connectivity index (χ0n) is 8.77. The minimum Gasteiger partial charge on any atom is -0.389 e. The van der Waals surface area contributed by atoms with E-state index in [0.29, 0.717) is 0 Å². The Balaban J connectivity index is 3.40. The topological polar surface area (TPSA) is 63.4 Å². The van der Waals surface area contributed by atoms with Crippen molar-refractivity contribution in [2.75, 3.05) is 14.1 Å². The molecular formula is C9H11FN2O2S2. The third kappa shape index (κ3) is 2.37. The summed E-state index contributed by atoms with van der Waals surface area (Å²) < 4.78 is 37.7. The molecule has 0 unspecified atom stereocenters. The quantitative estimate of drug-likeness (QED) is 0.815. The van der Waals surface area contributed by atoms with Gasteiger partial charge in [-0.25, -0.2) is 17.1 Å². The van der Waals surface area contributed by atoms with E-state index < -0.39 is 15.8 Å². The Morgan fingerprint density at radius 3 is 2.44 bits per heavy atom. The van der Waals surface area contributed by atoms with Crippen molar-refractivity contribution in [3.05, 3.63) is 29.6 Å². The molecule has 0 atom stereocenters. The molecule has 0 aliphatic carbocycles. The number of benzene rings is 1. The Morgan fingerprint density at radius 1 is 1.44 bits per heavy atom. The maximum Gasteiger partial charge on any atom is 0.242 e. The molecule has 16 heavy (non-hydrogen) atoms. The predicted octanol–water partition coefficient (Wildman–Crippen LogP) is 0.710. The molecule has 1 aromatic rings. The van der Waals surface area contributed by atoms with Crippen molar-refractivity contribution in [2.24, 2.45) is 5.73 Å². The second-order valence-electron chi connectivity index (χ2n) is 3.29. The van der Waals surface area contributed by atoms with Crippen LogP contribution in [0.4, 0.5) is 4.39 Å². The summed E-state index contributed by atoms with van der Waals surface area (Å²) >= 11 is 4.63. The van der Waals surface area contributed by atoms with Gasteiger partial charge in [-0.2, -0.15) is 0 Å². The van der Waals surface area contributed by atoms with Gasteiger partial charge in [0.2, 0.25) is 10.0 Å². The van der Waals surface area contributed by atoms with Gasteiger partial charge in [-0.15, -0.1) is 0 Å². The maximum atomic E-state index is 13.2. The van der Waals surface area contributed by atoms with Gasteiger partial charge in [0.1, 0.15) is 10.8 Å². The average molecular weight is 262 g/mol. The van der Waals surface area contributed by atoms with Gasteiger partial charge in [0.05, 0.1) is 4.90 Å². The molecule has 88 valence electrons.